The predicted molar refractivity (Wildman–Crippen MR) is 50.6 cm³/mol. The van der Waals surface area contributed by atoms with Crippen molar-refractivity contribution in [1.82, 2.24) is 5.32 Å². The first kappa shape index (κ1) is 12.5. The lowest BCUT2D eigenvalue weighted by atomic mass is 10.0. The fraction of sp³-hybridized carbons (Fsp3) is 0.900. The Hall–Kier alpha value is -0.580. The van der Waals surface area contributed by atoms with Gasteiger partial charge in [-0.2, -0.15) is 13.2 Å². The summed E-state index contributed by atoms with van der Waals surface area (Å²) in [5.41, 5.74) is 0. The van der Waals surface area contributed by atoms with Gasteiger partial charge >= 0.3 is 6.18 Å². The largest absolute Gasteiger partial charge is 0.389 e. The molecule has 0 aromatic rings. The van der Waals surface area contributed by atoms with Crippen molar-refractivity contribution in [2.45, 2.75) is 50.7 Å². The molecule has 88 valence electrons. The molecule has 0 radical (unpaired) electrons. The molecule has 1 aliphatic rings. The van der Waals surface area contributed by atoms with Gasteiger partial charge in [-0.1, -0.05) is 0 Å². The van der Waals surface area contributed by atoms with Crippen molar-refractivity contribution in [3.8, 4) is 0 Å². The highest BCUT2D eigenvalue weighted by atomic mass is 19.4. The number of halogens is 3. The van der Waals surface area contributed by atoms with E-state index in [2.05, 4.69) is 5.32 Å². The number of rotatable bonds is 5. The van der Waals surface area contributed by atoms with Crippen molar-refractivity contribution in [2.24, 2.45) is 0 Å². The van der Waals surface area contributed by atoms with Crippen LogP contribution in [0.5, 0.6) is 0 Å². The van der Waals surface area contributed by atoms with Crippen LogP contribution in [0.1, 0.15) is 38.5 Å². The Kier molecular flexibility index (Phi) is 4.57. The van der Waals surface area contributed by atoms with E-state index < -0.39 is 12.6 Å². The van der Waals surface area contributed by atoms with E-state index in [4.69, 9.17) is 0 Å². The first-order chi connectivity index (χ1) is 6.97. The summed E-state index contributed by atoms with van der Waals surface area (Å²) < 4.78 is 35.4. The van der Waals surface area contributed by atoms with E-state index in [9.17, 15) is 18.0 Å². The third-order valence-electron chi connectivity index (χ3n) is 2.55. The zero-order valence-electron chi connectivity index (χ0n) is 8.57. The summed E-state index contributed by atoms with van der Waals surface area (Å²) in [5.74, 6) is -0.0568. The normalized spacial score (nSPS) is 21.9. The number of nitrogens with one attached hydrogen (secondary N) is 1. The second-order valence-corrected chi connectivity index (χ2v) is 4.00. The average molecular weight is 223 g/mol. The highest BCUT2D eigenvalue weighted by molar-refractivity contribution is 5.78. The quantitative estimate of drug-likeness (QED) is 0.775. The Labute approximate surface area is 87.2 Å². The van der Waals surface area contributed by atoms with E-state index in [1.165, 1.54) is 0 Å². The van der Waals surface area contributed by atoms with Crippen LogP contribution in [0.25, 0.3) is 0 Å². The lowest BCUT2D eigenvalue weighted by Gasteiger charge is -2.09. The number of hydrogen-bond acceptors (Lipinski definition) is 2. The van der Waals surface area contributed by atoms with E-state index in [0.29, 0.717) is 6.42 Å². The van der Waals surface area contributed by atoms with Gasteiger partial charge in [0.05, 0.1) is 0 Å². The van der Waals surface area contributed by atoms with Crippen molar-refractivity contribution in [3.63, 3.8) is 0 Å². The van der Waals surface area contributed by atoms with Crippen molar-refractivity contribution in [3.05, 3.63) is 0 Å². The van der Waals surface area contributed by atoms with Gasteiger partial charge in [0.25, 0.3) is 0 Å². The maximum Gasteiger partial charge on any atom is 0.389 e. The molecule has 5 heteroatoms. The number of carbonyl (C=O) groups excluding carboxylic acids is 1. The van der Waals surface area contributed by atoms with E-state index in [-0.39, 0.29) is 24.7 Å². The van der Waals surface area contributed by atoms with Crippen molar-refractivity contribution < 1.29 is 18.0 Å². The van der Waals surface area contributed by atoms with Gasteiger partial charge in [-0.25, -0.2) is 0 Å². The fourth-order valence-electron chi connectivity index (χ4n) is 1.79. The zero-order chi connectivity index (χ0) is 11.3. The molecule has 0 bridgehead atoms. The molecular formula is C10H16F3NO. The molecular weight excluding hydrogens is 207 g/mol. The topological polar surface area (TPSA) is 29.1 Å². The first-order valence-electron chi connectivity index (χ1n) is 5.29. The predicted octanol–water partition coefficient (Wildman–Crippen LogP) is 2.43. The van der Waals surface area contributed by atoms with Gasteiger partial charge in [0.1, 0.15) is 5.78 Å². The van der Waals surface area contributed by atoms with E-state index >= 15 is 0 Å². The summed E-state index contributed by atoms with van der Waals surface area (Å²) in [5, 5.41) is 3.15. The summed E-state index contributed by atoms with van der Waals surface area (Å²) in [4.78, 5) is 11.3. The maximum atomic E-state index is 11.8. The molecule has 1 N–H and O–H groups in total. The van der Waals surface area contributed by atoms with Crippen LogP contribution in [-0.4, -0.2) is 24.5 Å². The van der Waals surface area contributed by atoms with Crippen LogP contribution < -0.4 is 5.32 Å². The molecule has 1 aliphatic heterocycles. The zero-order valence-corrected chi connectivity index (χ0v) is 8.57. The molecule has 1 heterocycles. The Morgan fingerprint density at radius 2 is 2.13 bits per heavy atom. The molecule has 1 rings (SSSR count). The van der Waals surface area contributed by atoms with Gasteiger partial charge in [0.2, 0.25) is 0 Å². The molecule has 0 spiro atoms. The third-order valence-corrected chi connectivity index (χ3v) is 2.55. The Balaban J connectivity index is 2.08. The molecule has 0 aliphatic carbocycles. The number of ketones is 1. The van der Waals surface area contributed by atoms with Crippen LogP contribution in [-0.2, 0) is 4.79 Å². The van der Waals surface area contributed by atoms with Crippen LogP contribution in [0.2, 0.25) is 0 Å². The smallest absolute Gasteiger partial charge is 0.314 e. The Morgan fingerprint density at radius 3 is 2.67 bits per heavy atom. The molecule has 2 nitrogen and oxygen atoms in total. The van der Waals surface area contributed by atoms with Crippen LogP contribution >= 0.6 is 0 Å². The van der Waals surface area contributed by atoms with Gasteiger partial charge < -0.3 is 5.32 Å². The van der Waals surface area contributed by atoms with Crippen molar-refractivity contribution in [1.29, 1.82) is 0 Å². The van der Waals surface area contributed by atoms with E-state index in [1.54, 1.807) is 0 Å². The summed E-state index contributed by atoms with van der Waals surface area (Å²) in [6, 6.07) is 0.198. The first-order valence-corrected chi connectivity index (χ1v) is 5.29. The second kappa shape index (κ2) is 5.49. The van der Waals surface area contributed by atoms with Crippen LogP contribution in [0, 0.1) is 0 Å². The number of hydrogen-bond donors (Lipinski definition) is 1. The van der Waals surface area contributed by atoms with Gasteiger partial charge in [0, 0.05) is 25.3 Å². The van der Waals surface area contributed by atoms with Crippen molar-refractivity contribution in [2.75, 3.05) is 6.54 Å². The molecule has 0 aromatic carbocycles. The second-order valence-electron chi connectivity index (χ2n) is 4.00. The maximum absolute atomic E-state index is 11.8. The summed E-state index contributed by atoms with van der Waals surface area (Å²) in [7, 11) is 0. The minimum atomic E-state index is -4.13. The minimum Gasteiger partial charge on any atom is -0.314 e. The Morgan fingerprint density at radius 1 is 1.40 bits per heavy atom. The number of carbonyl (C=O) groups is 1. The molecule has 0 amide bonds. The fourth-order valence-corrected chi connectivity index (χ4v) is 1.79. The highest BCUT2D eigenvalue weighted by Gasteiger charge is 2.26. The molecule has 1 unspecified atom stereocenters. The summed E-state index contributed by atoms with van der Waals surface area (Å²) in [6.07, 6.45) is -2.60. The van der Waals surface area contributed by atoms with E-state index in [0.717, 1.165) is 19.4 Å². The van der Waals surface area contributed by atoms with Crippen molar-refractivity contribution >= 4 is 5.78 Å². The monoisotopic (exact) mass is 223 g/mol. The van der Waals surface area contributed by atoms with Crippen LogP contribution in [0.15, 0.2) is 0 Å². The van der Waals surface area contributed by atoms with Gasteiger partial charge in [-0.15, -0.1) is 0 Å². The van der Waals surface area contributed by atoms with Gasteiger partial charge in [0.15, 0.2) is 0 Å². The van der Waals surface area contributed by atoms with Crippen LogP contribution in [0.3, 0.4) is 0 Å². The third kappa shape index (κ3) is 5.77. The lowest BCUT2D eigenvalue weighted by Crippen LogP contribution is -2.24. The number of Topliss-reactive ketones (excluding diaryl/α,β-unsaturated/α-hetero) is 1. The van der Waals surface area contributed by atoms with Gasteiger partial charge in [-0.05, 0) is 25.8 Å². The molecule has 0 aromatic heterocycles. The van der Waals surface area contributed by atoms with E-state index in [1.807, 2.05) is 0 Å². The summed E-state index contributed by atoms with van der Waals surface area (Å²) in [6.45, 7) is 0.917. The minimum absolute atomic E-state index is 0.0533. The molecule has 1 atom stereocenters. The number of alkyl halides is 3. The van der Waals surface area contributed by atoms with Gasteiger partial charge in [-0.3, -0.25) is 4.79 Å². The lowest BCUT2D eigenvalue weighted by molar-refractivity contribution is -0.137. The Bertz CT molecular complexity index is 209. The molecule has 0 saturated carbocycles. The SMILES string of the molecule is O=C(CCCC(F)(F)F)CC1CCCN1. The molecule has 1 saturated heterocycles. The van der Waals surface area contributed by atoms with Crippen LogP contribution in [0.4, 0.5) is 13.2 Å². The highest BCUT2D eigenvalue weighted by Crippen LogP contribution is 2.22. The summed E-state index contributed by atoms with van der Waals surface area (Å²) >= 11 is 0. The molecule has 15 heavy (non-hydrogen) atoms. The average Bonchev–Trinajstić information content (AvgIpc) is 2.54. The standard InChI is InChI=1S/C10H16F3NO/c11-10(12,13)5-1-4-9(15)7-8-3-2-6-14-8/h8,14H,1-7H2. The molecule has 1 fully saturated rings.